The van der Waals surface area contributed by atoms with E-state index in [4.69, 9.17) is 0 Å². The number of ketones is 1. The molecular formula is C19H25NO. The van der Waals surface area contributed by atoms with Gasteiger partial charge in [-0.25, -0.2) is 0 Å². The summed E-state index contributed by atoms with van der Waals surface area (Å²) >= 11 is 0. The van der Waals surface area contributed by atoms with Gasteiger partial charge in [0.25, 0.3) is 0 Å². The van der Waals surface area contributed by atoms with Crippen molar-refractivity contribution in [3.8, 4) is 0 Å². The molecule has 1 heterocycles. The standard InChI is InChI=1S/C19H25NO/c1-2-7-16-12-13-17-18(10-6-11-19(17)21)20(16)14-15-8-4-3-5-9-15/h3-5,8-9,16H,2,6-7,10-14H2,1H3. The number of allylic oxidation sites excluding steroid dienone is 2. The summed E-state index contributed by atoms with van der Waals surface area (Å²) in [7, 11) is 0. The van der Waals surface area contributed by atoms with Gasteiger partial charge < -0.3 is 4.90 Å². The van der Waals surface area contributed by atoms with Gasteiger partial charge in [0.1, 0.15) is 0 Å². The van der Waals surface area contributed by atoms with Crippen LogP contribution in [0.1, 0.15) is 57.4 Å². The molecule has 0 saturated heterocycles. The Kier molecular flexibility index (Phi) is 4.42. The van der Waals surface area contributed by atoms with Crippen LogP contribution >= 0.6 is 0 Å². The zero-order chi connectivity index (χ0) is 14.7. The zero-order valence-electron chi connectivity index (χ0n) is 13.0. The van der Waals surface area contributed by atoms with E-state index in [1.54, 1.807) is 0 Å². The summed E-state index contributed by atoms with van der Waals surface area (Å²) in [6.07, 6.45) is 7.48. The predicted octanol–water partition coefficient (Wildman–Crippen LogP) is 4.46. The van der Waals surface area contributed by atoms with Crippen molar-refractivity contribution in [1.29, 1.82) is 0 Å². The van der Waals surface area contributed by atoms with Gasteiger partial charge in [-0.05, 0) is 37.7 Å². The molecular weight excluding hydrogens is 258 g/mol. The maximum Gasteiger partial charge on any atom is 0.160 e. The van der Waals surface area contributed by atoms with E-state index in [-0.39, 0.29) is 0 Å². The number of hydrogen-bond donors (Lipinski definition) is 0. The first-order chi connectivity index (χ1) is 10.3. The number of carbonyl (C=O) groups is 1. The van der Waals surface area contributed by atoms with Crippen LogP contribution in [0.2, 0.25) is 0 Å². The Balaban J connectivity index is 1.89. The van der Waals surface area contributed by atoms with Crippen molar-refractivity contribution in [1.82, 2.24) is 4.90 Å². The van der Waals surface area contributed by atoms with Crippen LogP contribution in [0.3, 0.4) is 0 Å². The Bertz CT molecular complexity index is 532. The molecule has 1 aromatic rings. The Morgan fingerprint density at radius 3 is 2.71 bits per heavy atom. The Labute approximate surface area is 127 Å². The van der Waals surface area contributed by atoms with Crippen LogP contribution in [0.5, 0.6) is 0 Å². The fraction of sp³-hybridized carbons (Fsp3) is 0.526. The van der Waals surface area contributed by atoms with Crippen molar-refractivity contribution in [3.63, 3.8) is 0 Å². The summed E-state index contributed by atoms with van der Waals surface area (Å²) in [5.74, 6) is 0.407. The van der Waals surface area contributed by atoms with E-state index >= 15 is 0 Å². The van der Waals surface area contributed by atoms with Crippen molar-refractivity contribution in [3.05, 3.63) is 47.2 Å². The molecule has 1 aromatic carbocycles. The van der Waals surface area contributed by atoms with E-state index in [1.807, 2.05) is 0 Å². The molecule has 1 unspecified atom stereocenters. The lowest BCUT2D eigenvalue weighted by Crippen LogP contribution is -2.40. The molecule has 0 N–H and O–H groups in total. The van der Waals surface area contributed by atoms with Gasteiger partial charge in [-0.15, -0.1) is 0 Å². The zero-order valence-corrected chi connectivity index (χ0v) is 13.0. The first kappa shape index (κ1) is 14.4. The van der Waals surface area contributed by atoms with Crippen LogP contribution in [0.15, 0.2) is 41.6 Å². The Morgan fingerprint density at radius 1 is 1.14 bits per heavy atom. The van der Waals surface area contributed by atoms with Gasteiger partial charge in [-0.2, -0.15) is 0 Å². The summed E-state index contributed by atoms with van der Waals surface area (Å²) in [6.45, 7) is 3.22. The SMILES string of the molecule is CCCC1CCC2=C(CCCC2=O)N1Cc1ccccc1. The monoisotopic (exact) mass is 283 g/mol. The van der Waals surface area contributed by atoms with Gasteiger partial charge >= 0.3 is 0 Å². The average Bonchev–Trinajstić information content (AvgIpc) is 2.51. The van der Waals surface area contributed by atoms with Gasteiger partial charge in [0, 0.05) is 30.3 Å². The van der Waals surface area contributed by atoms with Crippen molar-refractivity contribution in [2.45, 2.75) is 64.5 Å². The number of benzene rings is 1. The van der Waals surface area contributed by atoms with E-state index in [9.17, 15) is 4.79 Å². The lowest BCUT2D eigenvalue weighted by atomic mass is 9.84. The Morgan fingerprint density at radius 2 is 1.95 bits per heavy atom. The van der Waals surface area contributed by atoms with Crippen molar-refractivity contribution >= 4 is 5.78 Å². The lowest BCUT2D eigenvalue weighted by Gasteiger charge is -2.42. The minimum Gasteiger partial charge on any atom is -0.367 e. The van der Waals surface area contributed by atoms with Crippen LogP contribution in [-0.4, -0.2) is 16.7 Å². The second-order valence-electron chi connectivity index (χ2n) is 6.30. The smallest absolute Gasteiger partial charge is 0.160 e. The number of Topliss-reactive ketones (excluding diaryl/α,β-unsaturated/α-hetero) is 1. The van der Waals surface area contributed by atoms with E-state index in [0.717, 1.165) is 44.2 Å². The summed E-state index contributed by atoms with van der Waals surface area (Å²) < 4.78 is 0. The fourth-order valence-corrected chi connectivity index (χ4v) is 3.80. The fourth-order valence-electron chi connectivity index (χ4n) is 3.80. The lowest BCUT2D eigenvalue weighted by molar-refractivity contribution is -0.116. The molecule has 0 fully saturated rings. The molecule has 1 aliphatic carbocycles. The van der Waals surface area contributed by atoms with E-state index in [2.05, 4.69) is 42.2 Å². The first-order valence-corrected chi connectivity index (χ1v) is 8.35. The third-order valence-corrected chi connectivity index (χ3v) is 4.84. The molecule has 21 heavy (non-hydrogen) atoms. The van der Waals surface area contributed by atoms with Gasteiger partial charge in [0.2, 0.25) is 0 Å². The average molecular weight is 283 g/mol. The molecule has 2 aliphatic rings. The highest BCUT2D eigenvalue weighted by atomic mass is 16.1. The molecule has 0 spiro atoms. The number of hydrogen-bond acceptors (Lipinski definition) is 2. The predicted molar refractivity (Wildman–Crippen MR) is 85.8 cm³/mol. The number of carbonyl (C=O) groups excluding carboxylic acids is 1. The van der Waals surface area contributed by atoms with Crippen LogP contribution in [0, 0.1) is 0 Å². The molecule has 3 rings (SSSR count). The van der Waals surface area contributed by atoms with Crippen LogP contribution < -0.4 is 0 Å². The first-order valence-electron chi connectivity index (χ1n) is 8.35. The minimum atomic E-state index is 0.407. The number of nitrogens with zero attached hydrogens (tertiary/aromatic N) is 1. The van der Waals surface area contributed by atoms with Crippen LogP contribution in [0.4, 0.5) is 0 Å². The third kappa shape index (κ3) is 3.04. The van der Waals surface area contributed by atoms with Crippen molar-refractivity contribution in [2.24, 2.45) is 0 Å². The highest BCUT2D eigenvalue weighted by Crippen LogP contribution is 2.37. The van der Waals surface area contributed by atoms with E-state index < -0.39 is 0 Å². The van der Waals surface area contributed by atoms with E-state index in [1.165, 1.54) is 24.1 Å². The minimum absolute atomic E-state index is 0.407. The highest BCUT2D eigenvalue weighted by molar-refractivity contribution is 5.96. The highest BCUT2D eigenvalue weighted by Gasteiger charge is 2.32. The third-order valence-electron chi connectivity index (χ3n) is 4.84. The summed E-state index contributed by atoms with van der Waals surface area (Å²) in [5.41, 5.74) is 3.86. The molecule has 0 radical (unpaired) electrons. The van der Waals surface area contributed by atoms with Crippen LogP contribution in [-0.2, 0) is 11.3 Å². The maximum absolute atomic E-state index is 12.2. The normalized spacial score (nSPS) is 22.4. The van der Waals surface area contributed by atoms with Crippen molar-refractivity contribution < 1.29 is 4.79 Å². The largest absolute Gasteiger partial charge is 0.367 e. The van der Waals surface area contributed by atoms with Gasteiger partial charge in [-0.3, -0.25) is 4.79 Å². The molecule has 0 bridgehead atoms. The molecule has 0 aromatic heterocycles. The Hall–Kier alpha value is -1.57. The van der Waals surface area contributed by atoms with Gasteiger partial charge in [0.05, 0.1) is 0 Å². The molecule has 0 saturated carbocycles. The molecule has 0 amide bonds. The summed E-state index contributed by atoms with van der Waals surface area (Å²) in [4.78, 5) is 14.8. The second-order valence-corrected chi connectivity index (χ2v) is 6.30. The molecule has 2 nitrogen and oxygen atoms in total. The topological polar surface area (TPSA) is 20.3 Å². The quantitative estimate of drug-likeness (QED) is 0.813. The number of rotatable bonds is 4. The van der Waals surface area contributed by atoms with Crippen molar-refractivity contribution in [2.75, 3.05) is 0 Å². The molecule has 2 heteroatoms. The maximum atomic E-state index is 12.2. The van der Waals surface area contributed by atoms with Gasteiger partial charge in [-0.1, -0.05) is 43.7 Å². The molecule has 112 valence electrons. The van der Waals surface area contributed by atoms with E-state index in [0.29, 0.717) is 11.8 Å². The van der Waals surface area contributed by atoms with Crippen LogP contribution in [0.25, 0.3) is 0 Å². The van der Waals surface area contributed by atoms with Gasteiger partial charge in [0.15, 0.2) is 5.78 Å². The second kappa shape index (κ2) is 6.46. The molecule has 1 aliphatic heterocycles. The summed E-state index contributed by atoms with van der Waals surface area (Å²) in [5, 5.41) is 0. The summed E-state index contributed by atoms with van der Waals surface area (Å²) in [6, 6.07) is 11.3. The molecule has 1 atom stereocenters.